The molecule has 0 radical (unpaired) electrons. The summed E-state index contributed by atoms with van der Waals surface area (Å²) in [4.78, 5) is 11.3. The molecule has 1 amide bonds. The van der Waals surface area contributed by atoms with Crippen molar-refractivity contribution in [1.82, 2.24) is 5.32 Å². The maximum absolute atomic E-state index is 13.3. The first kappa shape index (κ1) is 11.7. The molecule has 3 N–H and O–H groups in total. The molecule has 0 spiro atoms. The lowest BCUT2D eigenvalue weighted by atomic mass is 10.1. The van der Waals surface area contributed by atoms with Gasteiger partial charge >= 0.3 is 0 Å². The van der Waals surface area contributed by atoms with Gasteiger partial charge in [-0.15, -0.1) is 0 Å². The zero-order valence-corrected chi connectivity index (χ0v) is 8.83. The van der Waals surface area contributed by atoms with Gasteiger partial charge in [-0.2, -0.15) is 0 Å². The molecule has 3 nitrogen and oxygen atoms in total. The Morgan fingerprint density at radius 3 is 2.53 bits per heavy atom. The van der Waals surface area contributed by atoms with E-state index in [-0.39, 0.29) is 17.8 Å². The fourth-order valence-electron chi connectivity index (χ4n) is 1.25. The highest BCUT2D eigenvalue weighted by molar-refractivity contribution is 5.81. The fraction of sp³-hybridized carbons (Fsp3) is 0.364. The Labute approximate surface area is 88.5 Å². The normalized spacial score (nSPS) is 14.4. The van der Waals surface area contributed by atoms with E-state index in [1.807, 2.05) is 0 Å². The largest absolute Gasteiger partial charge is 0.348 e. The Bertz CT molecular complexity index is 352. The van der Waals surface area contributed by atoms with Gasteiger partial charge in [0.05, 0.1) is 12.1 Å². The van der Waals surface area contributed by atoms with Crippen molar-refractivity contribution >= 4 is 5.91 Å². The second-order valence-corrected chi connectivity index (χ2v) is 3.54. The molecule has 0 aliphatic heterocycles. The van der Waals surface area contributed by atoms with Gasteiger partial charge in [-0.25, -0.2) is 4.39 Å². The first-order valence-corrected chi connectivity index (χ1v) is 4.82. The second kappa shape index (κ2) is 4.89. The van der Waals surface area contributed by atoms with E-state index in [1.54, 1.807) is 32.0 Å². The molecule has 0 saturated carbocycles. The number of halogens is 1. The van der Waals surface area contributed by atoms with Crippen molar-refractivity contribution in [2.45, 2.75) is 25.9 Å². The van der Waals surface area contributed by atoms with Crippen LogP contribution in [-0.2, 0) is 4.79 Å². The monoisotopic (exact) mass is 210 g/mol. The molecule has 0 fully saturated rings. The first-order chi connectivity index (χ1) is 7.02. The molecule has 4 heteroatoms. The Hall–Kier alpha value is -1.42. The number of hydrogen-bond donors (Lipinski definition) is 2. The summed E-state index contributed by atoms with van der Waals surface area (Å²) in [5.41, 5.74) is 5.86. The molecular weight excluding hydrogens is 195 g/mol. The molecule has 0 aliphatic carbocycles. The molecule has 0 saturated heterocycles. The van der Waals surface area contributed by atoms with Gasteiger partial charge in [-0.05, 0) is 19.9 Å². The molecule has 0 aromatic heterocycles. The zero-order valence-electron chi connectivity index (χ0n) is 8.83. The predicted octanol–water partition coefficient (Wildman–Crippen LogP) is 1.35. The number of amides is 1. The Balaban J connectivity index is 2.73. The molecule has 1 aromatic rings. The van der Waals surface area contributed by atoms with Crippen LogP contribution < -0.4 is 11.1 Å². The molecule has 1 rings (SSSR count). The summed E-state index contributed by atoms with van der Waals surface area (Å²) in [7, 11) is 0. The minimum atomic E-state index is -0.584. The van der Waals surface area contributed by atoms with Crippen LogP contribution in [0.25, 0.3) is 0 Å². The summed E-state index contributed by atoms with van der Waals surface area (Å²) in [6.45, 7) is 3.31. The molecule has 2 atom stereocenters. The van der Waals surface area contributed by atoms with E-state index >= 15 is 0 Å². The molecule has 1 aromatic carbocycles. The van der Waals surface area contributed by atoms with Crippen molar-refractivity contribution in [1.29, 1.82) is 0 Å². The van der Waals surface area contributed by atoms with Crippen molar-refractivity contribution in [3.8, 4) is 0 Å². The third-order valence-electron chi connectivity index (χ3n) is 2.14. The summed E-state index contributed by atoms with van der Waals surface area (Å²) in [6.07, 6.45) is 0. The van der Waals surface area contributed by atoms with Gasteiger partial charge < -0.3 is 11.1 Å². The van der Waals surface area contributed by atoms with E-state index in [9.17, 15) is 9.18 Å². The summed E-state index contributed by atoms with van der Waals surface area (Å²) in [5, 5.41) is 2.63. The van der Waals surface area contributed by atoms with Crippen LogP contribution in [0.3, 0.4) is 0 Å². The van der Waals surface area contributed by atoms with E-state index in [0.29, 0.717) is 5.56 Å². The van der Waals surface area contributed by atoms with Crippen LogP contribution in [0.4, 0.5) is 4.39 Å². The summed E-state index contributed by atoms with van der Waals surface area (Å²) in [5.74, 6) is -0.610. The average molecular weight is 210 g/mol. The van der Waals surface area contributed by atoms with Gasteiger partial charge in [0.15, 0.2) is 0 Å². The zero-order chi connectivity index (χ0) is 11.4. The number of nitrogens with two attached hydrogens (primary N) is 1. The van der Waals surface area contributed by atoms with Crippen molar-refractivity contribution in [2.24, 2.45) is 5.73 Å². The van der Waals surface area contributed by atoms with Crippen LogP contribution in [0, 0.1) is 5.82 Å². The predicted molar refractivity (Wildman–Crippen MR) is 56.6 cm³/mol. The Morgan fingerprint density at radius 2 is 2.00 bits per heavy atom. The van der Waals surface area contributed by atoms with Gasteiger partial charge in [0.25, 0.3) is 0 Å². The third kappa shape index (κ3) is 3.02. The molecular formula is C11H15FN2O. The van der Waals surface area contributed by atoms with Gasteiger partial charge in [0, 0.05) is 5.56 Å². The lowest BCUT2D eigenvalue weighted by Gasteiger charge is -2.16. The minimum Gasteiger partial charge on any atom is -0.348 e. The lowest BCUT2D eigenvalue weighted by molar-refractivity contribution is -0.122. The van der Waals surface area contributed by atoms with E-state index in [0.717, 1.165) is 0 Å². The molecule has 1 unspecified atom stereocenters. The van der Waals surface area contributed by atoms with E-state index in [4.69, 9.17) is 5.73 Å². The van der Waals surface area contributed by atoms with Crippen molar-refractivity contribution in [2.75, 3.05) is 0 Å². The van der Waals surface area contributed by atoms with Gasteiger partial charge in [-0.1, -0.05) is 18.2 Å². The smallest absolute Gasteiger partial charge is 0.237 e. The van der Waals surface area contributed by atoms with Crippen molar-refractivity contribution < 1.29 is 9.18 Å². The number of benzene rings is 1. The summed E-state index contributed by atoms with van der Waals surface area (Å²) >= 11 is 0. The lowest BCUT2D eigenvalue weighted by Crippen LogP contribution is -2.39. The maximum Gasteiger partial charge on any atom is 0.237 e. The fourth-order valence-corrected chi connectivity index (χ4v) is 1.25. The topological polar surface area (TPSA) is 55.1 Å². The van der Waals surface area contributed by atoms with Crippen LogP contribution in [0.15, 0.2) is 24.3 Å². The van der Waals surface area contributed by atoms with Crippen LogP contribution in [0.1, 0.15) is 25.5 Å². The van der Waals surface area contributed by atoms with Crippen LogP contribution >= 0.6 is 0 Å². The molecule has 82 valence electrons. The summed E-state index contributed by atoms with van der Waals surface area (Å²) in [6, 6.07) is 5.39. The number of carbonyl (C=O) groups excluding carboxylic acids is 1. The molecule has 0 aliphatic rings. The van der Waals surface area contributed by atoms with Crippen LogP contribution in [-0.4, -0.2) is 11.9 Å². The number of carbonyl (C=O) groups is 1. The van der Waals surface area contributed by atoms with E-state index in [2.05, 4.69) is 5.32 Å². The van der Waals surface area contributed by atoms with Crippen molar-refractivity contribution in [3.05, 3.63) is 35.6 Å². The van der Waals surface area contributed by atoms with Gasteiger partial charge in [0.2, 0.25) is 5.91 Å². The number of hydrogen-bond acceptors (Lipinski definition) is 2. The van der Waals surface area contributed by atoms with Crippen LogP contribution in [0.5, 0.6) is 0 Å². The first-order valence-electron chi connectivity index (χ1n) is 4.82. The molecule has 0 heterocycles. The molecule has 15 heavy (non-hydrogen) atoms. The second-order valence-electron chi connectivity index (χ2n) is 3.54. The van der Waals surface area contributed by atoms with Gasteiger partial charge in [-0.3, -0.25) is 4.79 Å². The third-order valence-corrected chi connectivity index (χ3v) is 2.14. The SMILES string of the molecule is CC(NC(=O)[C@@H](C)N)c1ccccc1F. The van der Waals surface area contributed by atoms with Gasteiger partial charge in [0.1, 0.15) is 5.82 Å². The van der Waals surface area contributed by atoms with Crippen molar-refractivity contribution in [3.63, 3.8) is 0 Å². The Morgan fingerprint density at radius 1 is 1.40 bits per heavy atom. The average Bonchev–Trinajstić information content (AvgIpc) is 2.18. The van der Waals surface area contributed by atoms with E-state index in [1.165, 1.54) is 6.07 Å². The maximum atomic E-state index is 13.3. The number of rotatable bonds is 3. The molecule has 0 bridgehead atoms. The highest BCUT2D eigenvalue weighted by Crippen LogP contribution is 2.15. The van der Waals surface area contributed by atoms with Crippen LogP contribution in [0.2, 0.25) is 0 Å². The minimum absolute atomic E-state index is 0.286. The number of nitrogens with one attached hydrogen (secondary N) is 1. The van der Waals surface area contributed by atoms with E-state index < -0.39 is 6.04 Å². The quantitative estimate of drug-likeness (QED) is 0.791. The summed E-state index contributed by atoms with van der Waals surface area (Å²) < 4.78 is 13.3. The Kier molecular flexibility index (Phi) is 3.80. The highest BCUT2D eigenvalue weighted by atomic mass is 19.1. The standard InChI is InChI=1S/C11H15FN2O/c1-7(13)11(15)14-8(2)9-5-3-4-6-10(9)12/h3-8H,13H2,1-2H3,(H,14,15)/t7-,8?/m1/s1. The highest BCUT2D eigenvalue weighted by Gasteiger charge is 2.14.